The van der Waals surface area contributed by atoms with Crippen molar-refractivity contribution in [3.8, 4) is 5.88 Å². The lowest BCUT2D eigenvalue weighted by Crippen LogP contribution is -2.19. The zero-order valence-corrected chi connectivity index (χ0v) is 12.7. The van der Waals surface area contributed by atoms with Gasteiger partial charge in [-0.15, -0.1) is 0 Å². The SMILES string of the molecule is CC(C)Oc1nc(N(C)c2cccc(F)c2)ncc1C(F)(F)F. The molecule has 0 radical (unpaired) electrons. The van der Waals surface area contributed by atoms with Crippen molar-refractivity contribution in [3.05, 3.63) is 41.8 Å². The van der Waals surface area contributed by atoms with Crippen molar-refractivity contribution in [2.45, 2.75) is 26.1 Å². The van der Waals surface area contributed by atoms with Crippen LogP contribution in [0.2, 0.25) is 0 Å². The number of rotatable bonds is 4. The molecule has 0 aliphatic rings. The Kier molecular flexibility index (Phi) is 4.72. The summed E-state index contributed by atoms with van der Waals surface area (Å²) in [4.78, 5) is 8.92. The number of alkyl halides is 3. The molecule has 0 saturated heterocycles. The lowest BCUT2D eigenvalue weighted by atomic mass is 10.3. The van der Waals surface area contributed by atoms with Crippen LogP contribution < -0.4 is 9.64 Å². The van der Waals surface area contributed by atoms with Gasteiger partial charge >= 0.3 is 6.18 Å². The predicted molar refractivity (Wildman–Crippen MR) is 77.3 cm³/mol. The van der Waals surface area contributed by atoms with Crippen LogP contribution in [0.3, 0.4) is 0 Å². The first-order chi connectivity index (χ1) is 10.7. The summed E-state index contributed by atoms with van der Waals surface area (Å²) in [6.07, 6.45) is -4.45. The molecule has 0 spiro atoms. The Bertz CT molecular complexity index is 689. The van der Waals surface area contributed by atoms with Crippen LogP contribution in [0.15, 0.2) is 30.5 Å². The van der Waals surface area contributed by atoms with Crippen LogP contribution in [-0.2, 0) is 6.18 Å². The molecule has 124 valence electrons. The topological polar surface area (TPSA) is 38.2 Å². The first-order valence-electron chi connectivity index (χ1n) is 6.78. The zero-order chi connectivity index (χ0) is 17.2. The highest BCUT2D eigenvalue weighted by atomic mass is 19.4. The lowest BCUT2D eigenvalue weighted by molar-refractivity contribution is -0.139. The fraction of sp³-hybridized carbons (Fsp3) is 0.333. The van der Waals surface area contributed by atoms with E-state index in [1.807, 2.05) is 0 Å². The number of hydrogen-bond acceptors (Lipinski definition) is 4. The van der Waals surface area contributed by atoms with Crippen molar-refractivity contribution in [1.82, 2.24) is 9.97 Å². The molecule has 1 aromatic heterocycles. The second-order valence-electron chi connectivity index (χ2n) is 5.09. The number of hydrogen-bond donors (Lipinski definition) is 0. The molecule has 23 heavy (non-hydrogen) atoms. The Morgan fingerprint density at radius 1 is 1.22 bits per heavy atom. The van der Waals surface area contributed by atoms with E-state index in [2.05, 4.69) is 9.97 Å². The Morgan fingerprint density at radius 2 is 1.91 bits per heavy atom. The van der Waals surface area contributed by atoms with Gasteiger partial charge in [-0.2, -0.15) is 18.2 Å². The number of anilines is 2. The molecule has 8 heteroatoms. The lowest BCUT2D eigenvalue weighted by Gasteiger charge is -2.20. The molecule has 1 heterocycles. The maximum Gasteiger partial charge on any atom is 0.423 e. The summed E-state index contributed by atoms with van der Waals surface area (Å²) in [7, 11) is 1.52. The van der Waals surface area contributed by atoms with Crippen LogP contribution in [0.4, 0.5) is 29.2 Å². The van der Waals surface area contributed by atoms with Crippen LogP contribution >= 0.6 is 0 Å². The molecule has 2 aromatic rings. The van der Waals surface area contributed by atoms with Gasteiger partial charge in [-0.25, -0.2) is 9.37 Å². The summed E-state index contributed by atoms with van der Waals surface area (Å²) in [5.41, 5.74) is -0.650. The average Bonchev–Trinajstić information content (AvgIpc) is 2.44. The maximum absolute atomic E-state index is 13.3. The molecule has 0 atom stereocenters. The summed E-state index contributed by atoms with van der Waals surface area (Å²) < 4.78 is 57.4. The fourth-order valence-corrected chi connectivity index (χ4v) is 1.83. The third-order valence-corrected chi connectivity index (χ3v) is 2.89. The molecule has 0 aliphatic heterocycles. The van der Waals surface area contributed by atoms with Gasteiger partial charge in [0.2, 0.25) is 11.8 Å². The van der Waals surface area contributed by atoms with E-state index in [9.17, 15) is 17.6 Å². The highest BCUT2D eigenvalue weighted by Crippen LogP contribution is 2.36. The second kappa shape index (κ2) is 6.39. The Balaban J connectivity index is 2.44. The molecule has 0 N–H and O–H groups in total. The maximum atomic E-state index is 13.3. The van der Waals surface area contributed by atoms with Crippen molar-refractivity contribution >= 4 is 11.6 Å². The van der Waals surface area contributed by atoms with Gasteiger partial charge in [0.1, 0.15) is 11.4 Å². The van der Waals surface area contributed by atoms with Gasteiger partial charge < -0.3 is 9.64 Å². The van der Waals surface area contributed by atoms with Crippen molar-refractivity contribution in [3.63, 3.8) is 0 Å². The van der Waals surface area contributed by atoms with Crippen molar-refractivity contribution in [1.29, 1.82) is 0 Å². The number of nitrogens with zero attached hydrogens (tertiary/aromatic N) is 3. The van der Waals surface area contributed by atoms with Crippen LogP contribution in [0, 0.1) is 5.82 Å². The first-order valence-corrected chi connectivity index (χ1v) is 6.78. The molecule has 0 unspecified atom stereocenters. The van der Waals surface area contributed by atoms with E-state index in [1.54, 1.807) is 19.9 Å². The summed E-state index contributed by atoms with van der Waals surface area (Å²) in [6.45, 7) is 3.19. The standard InChI is InChI=1S/C15H15F4N3O/c1-9(2)23-13-12(15(17,18)19)8-20-14(21-13)22(3)11-6-4-5-10(16)7-11/h4-9H,1-3H3. The molecule has 0 aliphatic carbocycles. The quantitative estimate of drug-likeness (QED) is 0.789. The van der Waals surface area contributed by atoms with Gasteiger partial charge in [-0.3, -0.25) is 0 Å². The minimum Gasteiger partial charge on any atom is -0.474 e. The summed E-state index contributed by atoms with van der Waals surface area (Å²) >= 11 is 0. The van der Waals surface area contributed by atoms with Crippen LogP contribution in [0.25, 0.3) is 0 Å². The first kappa shape index (κ1) is 17.0. The molecule has 0 bridgehead atoms. The average molecular weight is 329 g/mol. The molecule has 0 saturated carbocycles. The third kappa shape index (κ3) is 4.08. The smallest absolute Gasteiger partial charge is 0.423 e. The van der Waals surface area contributed by atoms with E-state index in [0.717, 1.165) is 0 Å². The Labute approximate surface area is 130 Å². The van der Waals surface area contributed by atoms with Gasteiger partial charge in [-0.05, 0) is 32.0 Å². The molecule has 2 rings (SSSR count). The Morgan fingerprint density at radius 3 is 2.48 bits per heavy atom. The van der Waals surface area contributed by atoms with E-state index < -0.39 is 29.5 Å². The summed E-state index contributed by atoms with van der Waals surface area (Å²) in [6, 6.07) is 5.56. The molecule has 4 nitrogen and oxygen atoms in total. The summed E-state index contributed by atoms with van der Waals surface area (Å²) in [5, 5.41) is 0. The highest BCUT2D eigenvalue weighted by Gasteiger charge is 2.36. The molecular formula is C15H15F4N3O. The zero-order valence-electron chi connectivity index (χ0n) is 12.7. The van der Waals surface area contributed by atoms with Gasteiger partial charge in [0.25, 0.3) is 0 Å². The fourth-order valence-electron chi connectivity index (χ4n) is 1.83. The predicted octanol–water partition coefficient (Wildman–Crippen LogP) is 4.19. The van der Waals surface area contributed by atoms with Gasteiger partial charge in [0.05, 0.1) is 6.10 Å². The van der Waals surface area contributed by atoms with E-state index >= 15 is 0 Å². The van der Waals surface area contributed by atoms with E-state index in [0.29, 0.717) is 11.9 Å². The minimum atomic E-state index is -4.62. The van der Waals surface area contributed by atoms with E-state index in [1.165, 1.54) is 30.1 Å². The van der Waals surface area contributed by atoms with Gasteiger partial charge in [0, 0.05) is 18.9 Å². The largest absolute Gasteiger partial charge is 0.474 e. The normalized spacial score (nSPS) is 11.7. The second-order valence-corrected chi connectivity index (χ2v) is 5.09. The monoisotopic (exact) mass is 329 g/mol. The molecular weight excluding hydrogens is 314 g/mol. The van der Waals surface area contributed by atoms with Crippen molar-refractivity contribution < 1.29 is 22.3 Å². The van der Waals surface area contributed by atoms with Gasteiger partial charge in [-0.1, -0.05) is 6.07 Å². The van der Waals surface area contributed by atoms with Crippen LogP contribution in [-0.4, -0.2) is 23.1 Å². The number of benzene rings is 1. The number of aromatic nitrogens is 2. The minimum absolute atomic E-state index is 0.0285. The van der Waals surface area contributed by atoms with Crippen LogP contribution in [0.1, 0.15) is 19.4 Å². The van der Waals surface area contributed by atoms with E-state index in [4.69, 9.17) is 4.74 Å². The Hall–Kier alpha value is -2.38. The third-order valence-electron chi connectivity index (χ3n) is 2.89. The molecule has 0 amide bonds. The highest BCUT2D eigenvalue weighted by molar-refractivity contribution is 5.56. The molecule has 1 aromatic carbocycles. The number of halogens is 4. The summed E-state index contributed by atoms with van der Waals surface area (Å²) in [5.74, 6) is -1.06. The van der Waals surface area contributed by atoms with Crippen molar-refractivity contribution in [2.75, 3.05) is 11.9 Å². The van der Waals surface area contributed by atoms with Crippen molar-refractivity contribution in [2.24, 2.45) is 0 Å². The van der Waals surface area contributed by atoms with Gasteiger partial charge in [0.15, 0.2) is 0 Å². The number of ether oxygens (including phenoxy) is 1. The molecule has 0 fully saturated rings. The van der Waals surface area contributed by atoms with Crippen LogP contribution in [0.5, 0.6) is 5.88 Å². The van der Waals surface area contributed by atoms with E-state index in [-0.39, 0.29) is 5.95 Å².